The molecule has 0 saturated carbocycles. The van der Waals surface area contributed by atoms with E-state index in [1.54, 1.807) is 0 Å². The van der Waals surface area contributed by atoms with Crippen molar-refractivity contribution >= 4 is 29.9 Å². The van der Waals surface area contributed by atoms with Gasteiger partial charge >= 0.3 is 0 Å². The van der Waals surface area contributed by atoms with Gasteiger partial charge in [0.1, 0.15) is 0 Å². The number of hydrogen-bond donors (Lipinski definition) is 2. The van der Waals surface area contributed by atoms with Crippen LogP contribution >= 0.6 is 24.0 Å². The summed E-state index contributed by atoms with van der Waals surface area (Å²) >= 11 is 0. The molecule has 6 nitrogen and oxygen atoms in total. The highest BCUT2D eigenvalue weighted by molar-refractivity contribution is 14.0. The van der Waals surface area contributed by atoms with Gasteiger partial charge in [-0.1, -0.05) is 18.5 Å². The fourth-order valence-electron chi connectivity index (χ4n) is 3.90. The van der Waals surface area contributed by atoms with Crippen molar-refractivity contribution in [2.24, 2.45) is 4.99 Å². The van der Waals surface area contributed by atoms with E-state index in [1.165, 1.54) is 32.1 Å². The van der Waals surface area contributed by atoms with Crippen molar-refractivity contribution in [2.45, 2.75) is 70.1 Å². The molecule has 24 heavy (non-hydrogen) atoms. The third kappa shape index (κ3) is 4.62. The van der Waals surface area contributed by atoms with Crippen molar-refractivity contribution in [1.82, 2.24) is 20.7 Å². The minimum Gasteiger partial charge on any atom is -0.359 e. The fourth-order valence-corrected chi connectivity index (χ4v) is 3.90. The lowest BCUT2D eigenvalue weighted by molar-refractivity contribution is 0.0526. The fraction of sp³-hybridized carbons (Fsp3) is 0.765. The monoisotopic (exact) mass is 447 g/mol. The highest BCUT2D eigenvalue weighted by Crippen LogP contribution is 2.32. The molecule has 2 aliphatic heterocycles. The second-order valence-electron chi connectivity index (χ2n) is 6.78. The van der Waals surface area contributed by atoms with E-state index in [0.717, 1.165) is 35.9 Å². The first kappa shape index (κ1) is 19.5. The first-order chi connectivity index (χ1) is 11.2. The summed E-state index contributed by atoms with van der Waals surface area (Å²) in [4.78, 5) is 6.94. The molecule has 2 unspecified atom stereocenters. The summed E-state index contributed by atoms with van der Waals surface area (Å²) in [6.07, 6.45) is 7.34. The lowest BCUT2D eigenvalue weighted by Crippen LogP contribution is -2.56. The highest BCUT2D eigenvalue weighted by Gasteiger charge is 2.36. The summed E-state index contributed by atoms with van der Waals surface area (Å²) in [5, 5.41) is 11.0. The molecule has 3 heterocycles. The average molecular weight is 447 g/mol. The first-order valence-electron chi connectivity index (χ1n) is 8.83. The molecule has 2 fully saturated rings. The van der Waals surface area contributed by atoms with Crippen molar-refractivity contribution in [2.75, 3.05) is 14.1 Å². The Balaban J connectivity index is 0.00000208. The van der Waals surface area contributed by atoms with Gasteiger partial charge in [-0.05, 0) is 39.2 Å². The van der Waals surface area contributed by atoms with Crippen LogP contribution in [0.1, 0.15) is 50.5 Å². The van der Waals surface area contributed by atoms with E-state index in [2.05, 4.69) is 39.7 Å². The number of guanidine groups is 1. The standard InChI is InChI=1S/C17H29N5O.HI/c1-4-12-10-16(23-21-12)11-19-17(18-2)20-13-8-14-6-5-7-15(9-13)22(14)3;/h10,13-15H,4-9,11H2,1-3H3,(H2,18,19,20);1H. The minimum absolute atomic E-state index is 0. The molecule has 0 spiro atoms. The maximum atomic E-state index is 5.31. The van der Waals surface area contributed by atoms with Gasteiger partial charge in [-0.2, -0.15) is 0 Å². The maximum Gasteiger partial charge on any atom is 0.191 e. The van der Waals surface area contributed by atoms with Crippen molar-refractivity contribution in [3.63, 3.8) is 0 Å². The lowest BCUT2D eigenvalue weighted by atomic mass is 9.82. The number of piperidine rings is 2. The number of fused-ring (bicyclic) bond motifs is 2. The predicted octanol–water partition coefficient (Wildman–Crippen LogP) is 2.54. The number of rotatable bonds is 4. The summed E-state index contributed by atoms with van der Waals surface area (Å²) in [6.45, 7) is 2.69. The van der Waals surface area contributed by atoms with Crippen molar-refractivity contribution in [3.8, 4) is 0 Å². The van der Waals surface area contributed by atoms with Crippen LogP contribution < -0.4 is 10.6 Å². The zero-order valence-corrected chi connectivity index (χ0v) is 17.2. The van der Waals surface area contributed by atoms with Gasteiger partial charge in [0.2, 0.25) is 0 Å². The zero-order valence-electron chi connectivity index (χ0n) is 14.9. The van der Waals surface area contributed by atoms with Crippen molar-refractivity contribution in [1.29, 1.82) is 0 Å². The number of nitrogens with zero attached hydrogens (tertiary/aromatic N) is 3. The number of hydrogen-bond acceptors (Lipinski definition) is 4. The van der Waals surface area contributed by atoms with Crippen LogP contribution in [0.4, 0.5) is 0 Å². The SMILES string of the molecule is CCc1cc(CNC(=NC)NC2CC3CCCC(C2)N3C)on1.I. The topological polar surface area (TPSA) is 65.7 Å². The van der Waals surface area contributed by atoms with E-state index < -0.39 is 0 Å². The molecule has 2 N–H and O–H groups in total. The maximum absolute atomic E-state index is 5.31. The number of halogens is 1. The molecule has 1 aromatic rings. The second-order valence-corrected chi connectivity index (χ2v) is 6.78. The van der Waals surface area contributed by atoms with Gasteiger partial charge in [0.15, 0.2) is 11.7 Å². The molecule has 0 aliphatic carbocycles. The van der Waals surface area contributed by atoms with Crippen LogP contribution in [0.2, 0.25) is 0 Å². The van der Waals surface area contributed by atoms with Crippen molar-refractivity contribution < 1.29 is 4.52 Å². The minimum atomic E-state index is 0. The third-order valence-corrected chi connectivity index (χ3v) is 5.30. The Labute approximate surface area is 161 Å². The number of nitrogens with one attached hydrogen (secondary N) is 2. The molecular weight excluding hydrogens is 417 g/mol. The van der Waals surface area contributed by atoms with E-state index in [4.69, 9.17) is 4.52 Å². The summed E-state index contributed by atoms with van der Waals surface area (Å²) < 4.78 is 5.31. The van der Waals surface area contributed by atoms with E-state index in [-0.39, 0.29) is 24.0 Å². The molecule has 0 aromatic carbocycles. The van der Waals surface area contributed by atoms with Crippen LogP contribution in [-0.2, 0) is 13.0 Å². The lowest BCUT2D eigenvalue weighted by Gasteiger charge is -2.47. The second kappa shape index (κ2) is 9.03. The summed E-state index contributed by atoms with van der Waals surface area (Å²) in [6, 6.07) is 3.95. The number of aryl methyl sites for hydroxylation is 1. The molecule has 7 heteroatoms. The van der Waals surface area contributed by atoms with Gasteiger partial charge in [0.25, 0.3) is 0 Å². The summed E-state index contributed by atoms with van der Waals surface area (Å²) in [5.74, 6) is 1.71. The largest absolute Gasteiger partial charge is 0.359 e. The van der Waals surface area contributed by atoms with Crippen LogP contribution in [-0.4, -0.2) is 48.2 Å². The van der Waals surface area contributed by atoms with Crippen LogP contribution in [0.15, 0.2) is 15.6 Å². The zero-order chi connectivity index (χ0) is 16.2. The normalized spacial score (nSPS) is 27.5. The van der Waals surface area contributed by atoms with E-state index in [0.29, 0.717) is 12.6 Å². The molecule has 2 aliphatic rings. The van der Waals surface area contributed by atoms with Gasteiger partial charge in [0, 0.05) is 31.2 Å². The molecule has 1 aromatic heterocycles. The van der Waals surface area contributed by atoms with Gasteiger partial charge in [-0.3, -0.25) is 4.99 Å². The van der Waals surface area contributed by atoms with Crippen LogP contribution in [0.25, 0.3) is 0 Å². The summed E-state index contributed by atoms with van der Waals surface area (Å²) in [7, 11) is 4.11. The Bertz CT molecular complexity index is 533. The summed E-state index contributed by atoms with van der Waals surface area (Å²) in [5.41, 5.74) is 0.993. The van der Waals surface area contributed by atoms with E-state index in [1.807, 2.05) is 13.1 Å². The van der Waals surface area contributed by atoms with Crippen LogP contribution in [0.3, 0.4) is 0 Å². The molecule has 0 amide bonds. The van der Waals surface area contributed by atoms with E-state index in [9.17, 15) is 0 Å². The molecule has 2 bridgehead atoms. The number of aliphatic imine (C=N–C) groups is 1. The third-order valence-electron chi connectivity index (χ3n) is 5.30. The van der Waals surface area contributed by atoms with Crippen LogP contribution in [0, 0.1) is 0 Å². The van der Waals surface area contributed by atoms with Gasteiger partial charge < -0.3 is 20.1 Å². The Morgan fingerprint density at radius 2 is 2.08 bits per heavy atom. The molecule has 0 radical (unpaired) electrons. The molecular formula is C17H30IN5O. The Kier molecular flexibility index (Phi) is 7.34. The molecule has 3 rings (SSSR count). The van der Waals surface area contributed by atoms with Crippen LogP contribution in [0.5, 0.6) is 0 Å². The predicted molar refractivity (Wildman–Crippen MR) is 107 cm³/mol. The van der Waals surface area contributed by atoms with E-state index >= 15 is 0 Å². The highest BCUT2D eigenvalue weighted by atomic mass is 127. The Hall–Kier alpha value is -0.830. The molecule has 2 atom stereocenters. The quantitative estimate of drug-likeness (QED) is 0.422. The Morgan fingerprint density at radius 1 is 1.38 bits per heavy atom. The molecule has 136 valence electrons. The van der Waals surface area contributed by atoms with Crippen molar-refractivity contribution in [3.05, 3.63) is 17.5 Å². The van der Waals surface area contributed by atoms with Gasteiger partial charge in [-0.15, -0.1) is 24.0 Å². The van der Waals surface area contributed by atoms with Gasteiger partial charge in [0.05, 0.1) is 12.2 Å². The Morgan fingerprint density at radius 3 is 2.67 bits per heavy atom. The molecule has 2 saturated heterocycles. The number of aromatic nitrogens is 1. The average Bonchev–Trinajstić information content (AvgIpc) is 3.00. The first-order valence-corrected chi connectivity index (χ1v) is 8.83. The van der Waals surface area contributed by atoms with Gasteiger partial charge in [-0.25, -0.2) is 0 Å². The smallest absolute Gasteiger partial charge is 0.191 e.